The van der Waals surface area contributed by atoms with Crippen LogP contribution in [0.5, 0.6) is 5.75 Å². The molecule has 3 aromatic rings. The molecule has 0 bridgehead atoms. The molecule has 1 aromatic heterocycles. The third kappa shape index (κ3) is 5.59. The second-order valence-electron chi connectivity index (χ2n) is 7.84. The minimum absolute atomic E-state index is 0.278. The van der Waals surface area contributed by atoms with E-state index in [1.54, 1.807) is 48.3 Å². The van der Waals surface area contributed by atoms with Crippen molar-refractivity contribution in [2.75, 3.05) is 20.1 Å². The molecule has 0 amide bonds. The Bertz CT molecular complexity index is 1240. The molecule has 0 aliphatic carbocycles. The maximum Gasteiger partial charge on any atom is 0.573 e. The number of nitrogens with two attached hydrogens (primary N) is 1. The van der Waals surface area contributed by atoms with Crippen LogP contribution in [0.3, 0.4) is 0 Å². The van der Waals surface area contributed by atoms with Crippen LogP contribution in [-0.2, 0) is 0 Å². The average Bonchev–Trinajstić information content (AvgIpc) is 2.85. The molecule has 0 saturated carbocycles. The van der Waals surface area contributed by atoms with Crippen molar-refractivity contribution in [2.45, 2.75) is 18.7 Å². The molecular formula is C25H23F4N5O. The largest absolute Gasteiger partial charge is 0.573 e. The first-order valence-corrected chi connectivity index (χ1v) is 10.9. The number of amidine groups is 1. The van der Waals surface area contributed by atoms with Gasteiger partial charge in [0.2, 0.25) is 5.95 Å². The zero-order valence-electron chi connectivity index (χ0n) is 18.8. The fourth-order valence-electron chi connectivity index (χ4n) is 4.06. The van der Waals surface area contributed by atoms with Gasteiger partial charge in [-0.1, -0.05) is 30.3 Å². The predicted octanol–water partition coefficient (Wildman–Crippen LogP) is 4.97. The lowest BCUT2D eigenvalue weighted by atomic mass is 9.87. The van der Waals surface area contributed by atoms with Gasteiger partial charge in [-0.2, -0.15) is 4.39 Å². The van der Waals surface area contributed by atoms with Crippen molar-refractivity contribution >= 4 is 11.8 Å². The number of hydrogen-bond acceptors (Lipinski definition) is 4. The number of rotatable bonds is 5. The third-order valence-corrected chi connectivity index (χ3v) is 5.59. The molecule has 1 aliphatic rings. The number of alkyl halides is 3. The first-order chi connectivity index (χ1) is 16.8. The van der Waals surface area contributed by atoms with Crippen molar-refractivity contribution in [3.63, 3.8) is 0 Å². The summed E-state index contributed by atoms with van der Waals surface area (Å²) < 4.78 is 56.4. The summed E-state index contributed by atoms with van der Waals surface area (Å²) in [5.74, 6) is -0.556. The summed E-state index contributed by atoms with van der Waals surface area (Å²) in [5, 5.41) is 0. The predicted molar refractivity (Wildman–Crippen MR) is 126 cm³/mol. The Labute approximate surface area is 199 Å². The number of guanidine groups is 1. The normalized spacial score (nSPS) is 15.5. The van der Waals surface area contributed by atoms with Gasteiger partial charge in [0.25, 0.3) is 0 Å². The van der Waals surface area contributed by atoms with Gasteiger partial charge in [-0.05, 0) is 53.4 Å². The summed E-state index contributed by atoms with van der Waals surface area (Å²) in [4.78, 5) is 14.3. The molecule has 0 saturated heterocycles. The smallest absolute Gasteiger partial charge is 0.406 e. The Morgan fingerprint density at radius 3 is 2.54 bits per heavy atom. The van der Waals surface area contributed by atoms with Gasteiger partial charge in [0.1, 0.15) is 11.6 Å². The van der Waals surface area contributed by atoms with Crippen molar-refractivity contribution in [3.05, 3.63) is 83.9 Å². The van der Waals surface area contributed by atoms with Gasteiger partial charge in [-0.25, -0.2) is 4.98 Å². The van der Waals surface area contributed by atoms with Gasteiger partial charge in [0.15, 0.2) is 5.96 Å². The maximum absolute atomic E-state index is 14.4. The first kappa shape index (κ1) is 24.2. The number of halogens is 4. The Balaban J connectivity index is 1.82. The molecule has 0 spiro atoms. The third-order valence-electron chi connectivity index (χ3n) is 5.59. The Morgan fingerprint density at radius 2 is 1.86 bits per heavy atom. The van der Waals surface area contributed by atoms with E-state index in [0.717, 1.165) is 12.0 Å². The molecule has 1 atom stereocenters. The molecule has 0 radical (unpaired) electrons. The molecule has 1 aliphatic heterocycles. The zero-order valence-corrected chi connectivity index (χ0v) is 18.8. The summed E-state index contributed by atoms with van der Waals surface area (Å²) in [6, 6.07) is 16.1. The van der Waals surface area contributed by atoms with E-state index in [-0.39, 0.29) is 11.7 Å². The van der Waals surface area contributed by atoms with Gasteiger partial charge >= 0.3 is 6.36 Å². The molecule has 1 unspecified atom stereocenters. The van der Waals surface area contributed by atoms with Gasteiger partial charge < -0.3 is 15.4 Å². The van der Waals surface area contributed by atoms with Gasteiger partial charge in [0.05, 0.1) is 5.92 Å². The van der Waals surface area contributed by atoms with E-state index in [9.17, 15) is 17.6 Å². The lowest BCUT2D eigenvalue weighted by Crippen LogP contribution is -2.47. The lowest BCUT2D eigenvalue weighted by Gasteiger charge is -2.33. The van der Waals surface area contributed by atoms with Gasteiger partial charge in [-0.3, -0.25) is 9.98 Å². The number of pyridine rings is 1. The van der Waals surface area contributed by atoms with Crippen molar-refractivity contribution < 1.29 is 22.3 Å². The molecule has 182 valence electrons. The first-order valence-electron chi connectivity index (χ1n) is 10.9. The van der Waals surface area contributed by atoms with Crippen molar-refractivity contribution in [3.8, 4) is 16.9 Å². The molecule has 35 heavy (non-hydrogen) atoms. The topological polar surface area (TPSA) is 76.1 Å². The summed E-state index contributed by atoms with van der Waals surface area (Å²) in [6.45, 7) is 1.15. The highest BCUT2D eigenvalue weighted by Crippen LogP contribution is 2.34. The maximum atomic E-state index is 14.4. The van der Waals surface area contributed by atoms with Crippen LogP contribution >= 0.6 is 0 Å². The highest BCUT2D eigenvalue weighted by atomic mass is 19.4. The molecular weight excluding hydrogens is 462 g/mol. The van der Waals surface area contributed by atoms with Gasteiger partial charge in [0, 0.05) is 31.9 Å². The van der Waals surface area contributed by atoms with E-state index in [0.29, 0.717) is 35.6 Å². The standard InChI is InChI=1S/C25H23F4N5O/c1-31-24(30)34-14-4-13-33-23(34)21(16-8-10-19(11-9-16)35-25(27,28)29)18-6-2-5-17(15-18)20-7-3-12-32-22(20)26/h2-3,5-12,15,21H,4,13-14H2,1H3,(H2,30,31). The number of benzene rings is 2. The van der Waals surface area contributed by atoms with E-state index < -0.39 is 18.2 Å². The fourth-order valence-corrected chi connectivity index (χ4v) is 4.06. The highest BCUT2D eigenvalue weighted by molar-refractivity contribution is 6.04. The van der Waals surface area contributed by atoms with Crippen LogP contribution in [-0.4, -0.2) is 48.2 Å². The van der Waals surface area contributed by atoms with E-state index in [4.69, 9.17) is 10.7 Å². The van der Waals surface area contributed by atoms with E-state index in [1.165, 1.54) is 18.3 Å². The molecule has 2 N–H and O–H groups in total. The second kappa shape index (κ2) is 10.1. The monoisotopic (exact) mass is 485 g/mol. The Kier molecular flexibility index (Phi) is 6.99. The van der Waals surface area contributed by atoms with Crippen LogP contribution in [0.25, 0.3) is 11.1 Å². The van der Waals surface area contributed by atoms with Crippen LogP contribution in [0.15, 0.2) is 76.8 Å². The van der Waals surface area contributed by atoms with Crippen LogP contribution in [0.4, 0.5) is 17.6 Å². The molecule has 4 rings (SSSR count). The van der Waals surface area contributed by atoms with Crippen LogP contribution in [0.1, 0.15) is 23.5 Å². The summed E-state index contributed by atoms with van der Waals surface area (Å²) in [6.07, 6.45) is -2.65. The summed E-state index contributed by atoms with van der Waals surface area (Å²) >= 11 is 0. The Morgan fingerprint density at radius 1 is 1.09 bits per heavy atom. The minimum Gasteiger partial charge on any atom is -0.406 e. The SMILES string of the molecule is CN=C(N)N1CCCN=C1C(c1ccc(OC(F)(F)F)cc1)c1cccc(-c2cccnc2F)c1. The number of hydrogen-bond donors (Lipinski definition) is 1. The zero-order chi connectivity index (χ0) is 25.0. The molecule has 10 heteroatoms. The fraction of sp³-hybridized carbons (Fsp3) is 0.240. The molecule has 2 heterocycles. The van der Waals surface area contributed by atoms with Gasteiger partial charge in [-0.15, -0.1) is 13.2 Å². The van der Waals surface area contributed by atoms with Crippen molar-refractivity contribution in [1.29, 1.82) is 0 Å². The van der Waals surface area contributed by atoms with Crippen LogP contribution < -0.4 is 10.5 Å². The minimum atomic E-state index is -4.79. The summed E-state index contributed by atoms with van der Waals surface area (Å²) in [7, 11) is 1.58. The molecule has 2 aromatic carbocycles. The molecule has 6 nitrogen and oxygen atoms in total. The van der Waals surface area contributed by atoms with Crippen molar-refractivity contribution in [2.24, 2.45) is 15.7 Å². The number of aromatic nitrogens is 1. The van der Waals surface area contributed by atoms with Crippen molar-refractivity contribution in [1.82, 2.24) is 9.88 Å². The average molecular weight is 485 g/mol. The van der Waals surface area contributed by atoms with E-state index in [1.807, 2.05) is 12.1 Å². The Hall–Kier alpha value is -3.95. The number of nitrogens with zero attached hydrogens (tertiary/aromatic N) is 4. The number of ether oxygens (including phenoxy) is 1. The quantitative estimate of drug-likeness (QED) is 0.240. The van der Waals surface area contributed by atoms with E-state index >= 15 is 0 Å². The lowest BCUT2D eigenvalue weighted by molar-refractivity contribution is -0.274. The highest BCUT2D eigenvalue weighted by Gasteiger charge is 2.32. The summed E-state index contributed by atoms with van der Waals surface area (Å²) in [5.41, 5.74) is 8.52. The van der Waals surface area contributed by atoms with E-state index in [2.05, 4.69) is 14.7 Å². The molecule has 0 fully saturated rings. The number of aliphatic imine (C=N–C) groups is 2. The second-order valence-corrected chi connectivity index (χ2v) is 7.84. The van der Waals surface area contributed by atoms with Crippen LogP contribution in [0, 0.1) is 5.95 Å². The van der Waals surface area contributed by atoms with Crippen LogP contribution in [0.2, 0.25) is 0 Å².